The van der Waals surface area contributed by atoms with Gasteiger partial charge in [-0.15, -0.1) is 0 Å². The van der Waals surface area contributed by atoms with E-state index < -0.39 is 0 Å². The standard InChI is InChI=1S/C15H24N4O3S/c1-21-9-5-13-16-15(23-17-13)19-8-10-22-12(11-19)14(20)18-6-3-2-4-7-18/h12H,2-11H2,1H3. The number of carbonyl (C=O) groups excluding carboxylic acids is 1. The highest BCUT2D eigenvalue weighted by atomic mass is 32.1. The molecule has 0 saturated carbocycles. The molecule has 2 aliphatic heterocycles. The lowest BCUT2D eigenvalue weighted by atomic mass is 10.1. The van der Waals surface area contributed by atoms with Crippen molar-refractivity contribution in [3.8, 4) is 0 Å². The molecule has 2 saturated heterocycles. The number of aromatic nitrogens is 2. The summed E-state index contributed by atoms with van der Waals surface area (Å²) in [6.07, 6.45) is 3.75. The molecule has 1 aromatic rings. The Morgan fingerprint density at radius 2 is 2.17 bits per heavy atom. The lowest BCUT2D eigenvalue weighted by molar-refractivity contribution is -0.145. The summed E-state index contributed by atoms with van der Waals surface area (Å²) >= 11 is 1.38. The van der Waals surface area contributed by atoms with Crippen LogP contribution in [0.3, 0.4) is 0 Å². The van der Waals surface area contributed by atoms with Gasteiger partial charge in [-0.3, -0.25) is 4.79 Å². The highest BCUT2D eigenvalue weighted by Gasteiger charge is 2.32. The Kier molecular flexibility index (Phi) is 5.80. The smallest absolute Gasteiger partial charge is 0.253 e. The number of morpholine rings is 1. The molecule has 0 aliphatic carbocycles. The maximum Gasteiger partial charge on any atom is 0.253 e. The summed E-state index contributed by atoms with van der Waals surface area (Å²) in [6.45, 7) is 4.21. The van der Waals surface area contributed by atoms with Crippen molar-refractivity contribution in [1.29, 1.82) is 0 Å². The zero-order valence-corrected chi connectivity index (χ0v) is 14.4. The first-order chi connectivity index (χ1) is 11.3. The molecule has 3 heterocycles. The van der Waals surface area contributed by atoms with E-state index in [-0.39, 0.29) is 12.0 Å². The van der Waals surface area contributed by atoms with Crippen LogP contribution in [0.1, 0.15) is 25.1 Å². The Balaban J connectivity index is 1.59. The number of amides is 1. The molecule has 23 heavy (non-hydrogen) atoms. The van der Waals surface area contributed by atoms with Gasteiger partial charge in [0.25, 0.3) is 5.91 Å². The summed E-state index contributed by atoms with van der Waals surface area (Å²) < 4.78 is 15.1. The fraction of sp³-hybridized carbons (Fsp3) is 0.800. The average molecular weight is 340 g/mol. The van der Waals surface area contributed by atoms with E-state index in [1.54, 1.807) is 7.11 Å². The van der Waals surface area contributed by atoms with Gasteiger partial charge in [-0.2, -0.15) is 4.37 Å². The van der Waals surface area contributed by atoms with Crippen LogP contribution in [0.2, 0.25) is 0 Å². The van der Waals surface area contributed by atoms with Crippen molar-refractivity contribution >= 4 is 22.6 Å². The van der Waals surface area contributed by atoms with E-state index in [4.69, 9.17) is 9.47 Å². The second-order valence-electron chi connectivity index (χ2n) is 5.93. The van der Waals surface area contributed by atoms with Crippen molar-refractivity contribution in [2.45, 2.75) is 31.8 Å². The fourth-order valence-corrected chi connectivity index (χ4v) is 3.71. The first-order valence-electron chi connectivity index (χ1n) is 8.25. The third kappa shape index (κ3) is 4.19. The highest BCUT2D eigenvalue weighted by molar-refractivity contribution is 7.09. The predicted octanol–water partition coefficient (Wildman–Crippen LogP) is 0.945. The number of piperidine rings is 1. The molecule has 0 spiro atoms. The van der Waals surface area contributed by atoms with Crippen LogP contribution in [0.5, 0.6) is 0 Å². The van der Waals surface area contributed by atoms with Crippen molar-refractivity contribution < 1.29 is 14.3 Å². The molecule has 2 fully saturated rings. The molecule has 8 heteroatoms. The van der Waals surface area contributed by atoms with Crippen LogP contribution >= 0.6 is 11.5 Å². The Bertz CT molecular complexity index is 519. The van der Waals surface area contributed by atoms with Gasteiger partial charge in [0.2, 0.25) is 5.13 Å². The van der Waals surface area contributed by atoms with Gasteiger partial charge in [0.05, 0.1) is 19.8 Å². The minimum Gasteiger partial charge on any atom is -0.384 e. The van der Waals surface area contributed by atoms with Crippen LogP contribution in [0.25, 0.3) is 0 Å². The number of carbonyl (C=O) groups is 1. The van der Waals surface area contributed by atoms with Crippen molar-refractivity contribution in [2.75, 3.05) is 51.4 Å². The SMILES string of the molecule is COCCc1nsc(N2CCOC(C(=O)N3CCCCC3)C2)n1. The zero-order valence-electron chi connectivity index (χ0n) is 13.6. The van der Waals surface area contributed by atoms with Gasteiger partial charge in [0.1, 0.15) is 5.82 Å². The molecule has 1 unspecified atom stereocenters. The van der Waals surface area contributed by atoms with E-state index >= 15 is 0 Å². The maximum absolute atomic E-state index is 12.6. The number of hydrogen-bond donors (Lipinski definition) is 0. The minimum atomic E-state index is -0.381. The van der Waals surface area contributed by atoms with E-state index in [1.165, 1.54) is 18.0 Å². The van der Waals surface area contributed by atoms with E-state index in [0.717, 1.165) is 43.4 Å². The first-order valence-corrected chi connectivity index (χ1v) is 9.02. The average Bonchev–Trinajstić information content (AvgIpc) is 3.09. The molecule has 1 atom stereocenters. The molecule has 3 rings (SSSR count). The summed E-state index contributed by atoms with van der Waals surface area (Å²) in [5.41, 5.74) is 0. The Hall–Kier alpha value is -1.25. The van der Waals surface area contributed by atoms with Crippen molar-refractivity contribution in [2.24, 2.45) is 0 Å². The number of likely N-dealkylation sites (tertiary alicyclic amines) is 1. The van der Waals surface area contributed by atoms with E-state index in [0.29, 0.717) is 26.2 Å². The fourth-order valence-electron chi connectivity index (χ4n) is 2.96. The van der Waals surface area contributed by atoms with E-state index in [2.05, 4.69) is 14.3 Å². The summed E-state index contributed by atoms with van der Waals surface area (Å²) in [4.78, 5) is 21.2. The summed E-state index contributed by atoms with van der Waals surface area (Å²) in [6, 6.07) is 0. The van der Waals surface area contributed by atoms with Gasteiger partial charge in [-0.25, -0.2) is 4.98 Å². The molecule has 0 bridgehead atoms. The number of ether oxygens (including phenoxy) is 2. The van der Waals surface area contributed by atoms with Crippen LogP contribution in [0.15, 0.2) is 0 Å². The quantitative estimate of drug-likeness (QED) is 0.795. The molecular formula is C15H24N4O3S. The second kappa shape index (κ2) is 8.03. The normalized spacial score (nSPS) is 22.4. The van der Waals surface area contributed by atoms with E-state index in [1.807, 2.05) is 4.90 Å². The lowest BCUT2D eigenvalue weighted by Gasteiger charge is -2.35. The van der Waals surface area contributed by atoms with Crippen molar-refractivity contribution in [3.63, 3.8) is 0 Å². The number of nitrogens with zero attached hydrogens (tertiary/aromatic N) is 4. The van der Waals surface area contributed by atoms with Crippen molar-refractivity contribution in [3.05, 3.63) is 5.82 Å². The summed E-state index contributed by atoms with van der Waals surface area (Å²) in [5.74, 6) is 0.927. The highest BCUT2D eigenvalue weighted by Crippen LogP contribution is 2.22. The third-order valence-electron chi connectivity index (χ3n) is 4.27. The molecule has 0 radical (unpaired) electrons. The topological polar surface area (TPSA) is 67.8 Å². The summed E-state index contributed by atoms with van der Waals surface area (Å²) in [7, 11) is 1.67. The van der Waals surface area contributed by atoms with Gasteiger partial charge >= 0.3 is 0 Å². The largest absolute Gasteiger partial charge is 0.384 e. The first kappa shape index (κ1) is 16.6. The number of anilines is 1. The predicted molar refractivity (Wildman–Crippen MR) is 87.9 cm³/mol. The van der Waals surface area contributed by atoms with Gasteiger partial charge in [-0.1, -0.05) is 0 Å². The van der Waals surface area contributed by atoms with Crippen LogP contribution < -0.4 is 4.90 Å². The molecule has 2 aliphatic rings. The molecule has 0 aromatic carbocycles. The van der Waals surface area contributed by atoms with Crippen LogP contribution in [-0.2, 0) is 20.7 Å². The number of methoxy groups -OCH3 is 1. The Labute approximate surface area is 140 Å². The van der Waals surface area contributed by atoms with Gasteiger partial charge < -0.3 is 19.3 Å². The van der Waals surface area contributed by atoms with Crippen LogP contribution in [0, 0.1) is 0 Å². The second-order valence-corrected chi connectivity index (χ2v) is 6.66. The van der Waals surface area contributed by atoms with Crippen LogP contribution in [-0.4, -0.2) is 72.8 Å². The maximum atomic E-state index is 12.6. The Morgan fingerprint density at radius 1 is 1.35 bits per heavy atom. The monoisotopic (exact) mass is 340 g/mol. The molecular weight excluding hydrogens is 316 g/mol. The third-order valence-corrected chi connectivity index (χ3v) is 5.08. The Morgan fingerprint density at radius 3 is 2.96 bits per heavy atom. The molecule has 7 nitrogen and oxygen atoms in total. The lowest BCUT2D eigenvalue weighted by Crippen LogP contribution is -2.52. The zero-order chi connectivity index (χ0) is 16.1. The molecule has 0 N–H and O–H groups in total. The van der Waals surface area contributed by atoms with Gasteiger partial charge in [0, 0.05) is 44.7 Å². The molecule has 1 aromatic heterocycles. The van der Waals surface area contributed by atoms with Gasteiger partial charge in [0.15, 0.2) is 6.10 Å². The molecule has 1 amide bonds. The number of rotatable bonds is 5. The summed E-state index contributed by atoms with van der Waals surface area (Å²) in [5, 5.41) is 0.871. The van der Waals surface area contributed by atoms with E-state index in [9.17, 15) is 4.79 Å². The number of hydrogen-bond acceptors (Lipinski definition) is 7. The van der Waals surface area contributed by atoms with Crippen LogP contribution in [0.4, 0.5) is 5.13 Å². The minimum absolute atomic E-state index is 0.124. The molecule has 128 valence electrons. The van der Waals surface area contributed by atoms with Crippen molar-refractivity contribution in [1.82, 2.24) is 14.3 Å². The van der Waals surface area contributed by atoms with Gasteiger partial charge in [-0.05, 0) is 19.3 Å².